The number of ketones is 1. The average molecular weight is 785 g/mol. The first-order valence-corrected chi connectivity index (χ1v) is 19.7. The molecule has 2 bridgehead atoms. The van der Waals surface area contributed by atoms with Gasteiger partial charge in [0.25, 0.3) is 0 Å². The highest BCUT2D eigenvalue weighted by atomic mass is 16.7. The number of nitrogens with zero attached hydrogens (tertiary/aromatic N) is 3. The molecule has 0 radical (unpaired) electrons. The molecule has 0 unspecified atom stereocenters. The molecule has 310 valence electrons. The Bertz CT molecular complexity index is 1630. The van der Waals surface area contributed by atoms with E-state index < -0.39 is 83.7 Å². The summed E-state index contributed by atoms with van der Waals surface area (Å²) < 4.78 is 38.6. The molecule has 4 saturated heterocycles. The number of amides is 1. The van der Waals surface area contributed by atoms with Crippen LogP contribution in [0.4, 0.5) is 4.79 Å². The fraction of sp³-hybridized carbons (Fsp3) is 0.732. The molecular formula is C41H60N4O11. The van der Waals surface area contributed by atoms with Crippen molar-refractivity contribution in [1.82, 2.24) is 10.2 Å². The Morgan fingerprint density at radius 1 is 1.05 bits per heavy atom. The number of benzene rings is 1. The third-order valence-corrected chi connectivity index (χ3v) is 12.2. The van der Waals surface area contributed by atoms with Gasteiger partial charge in [0.15, 0.2) is 11.9 Å². The zero-order valence-corrected chi connectivity index (χ0v) is 34.4. The van der Waals surface area contributed by atoms with Crippen LogP contribution >= 0.6 is 0 Å². The maximum atomic E-state index is 14.5. The summed E-state index contributed by atoms with van der Waals surface area (Å²) in [5, 5.41) is 28.0. The van der Waals surface area contributed by atoms with Crippen LogP contribution in [0, 0.1) is 35.0 Å². The lowest BCUT2D eigenvalue weighted by Crippen LogP contribution is -2.60. The lowest BCUT2D eigenvalue weighted by Gasteiger charge is -2.48. The summed E-state index contributed by atoms with van der Waals surface area (Å²) in [5.74, 6) is -3.60. The summed E-state index contributed by atoms with van der Waals surface area (Å²) in [5.41, 5.74) is -0.880. The molecule has 1 aromatic carbocycles. The van der Waals surface area contributed by atoms with E-state index in [2.05, 4.69) is 16.5 Å². The number of nitriles is 1. The molecular weight excluding hydrogens is 724 g/mol. The molecule has 1 amide bonds. The van der Waals surface area contributed by atoms with Crippen LogP contribution < -0.4 is 5.32 Å². The Morgan fingerprint density at radius 2 is 1.75 bits per heavy atom. The normalized spacial score (nSPS) is 40.6. The number of aliphatic hydroxyl groups excluding tert-OH is 1. The average Bonchev–Trinajstić information content (AvgIpc) is 3.49. The summed E-state index contributed by atoms with van der Waals surface area (Å²) in [6.45, 7) is 14.5. The van der Waals surface area contributed by atoms with Gasteiger partial charge in [-0.15, -0.1) is 0 Å². The number of hydrogen-bond donors (Lipinski definition) is 2. The van der Waals surface area contributed by atoms with Gasteiger partial charge >= 0.3 is 12.1 Å². The minimum absolute atomic E-state index is 0.0743. The lowest BCUT2D eigenvalue weighted by molar-refractivity contribution is -0.302. The van der Waals surface area contributed by atoms with Crippen molar-refractivity contribution in [3.05, 3.63) is 35.4 Å². The summed E-state index contributed by atoms with van der Waals surface area (Å²) in [6, 6.07) is 8.00. The Hall–Kier alpha value is -3.65. The third kappa shape index (κ3) is 9.22. The molecule has 4 fully saturated rings. The second kappa shape index (κ2) is 17.9. The maximum absolute atomic E-state index is 14.5. The second-order valence-corrected chi connectivity index (χ2v) is 16.7. The fourth-order valence-corrected chi connectivity index (χ4v) is 8.97. The van der Waals surface area contributed by atoms with E-state index in [0.717, 1.165) is 5.56 Å². The number of cyclic esters (lactones) is 1. The van der Waals surface area contributed by atoms with Crippen LogP contribution in [0.25, 0.3) is 0 Å². The number of hydrogen-bond acceptors (Lipinski definition) is 14. The van der Waals surface area contributed by atoms with Gasteiger partial charge in [0.1, 0.15) is 30.3 Å². The number of aliphatic hydroxyl groups is 1. The molecule has 0 aliphatic carbocycles. The van der Waals surface area contributed by atoms with Gasteiger partial charge < -0.3 is 48.6 Å². The van der Waals surface area contributed by atoms with Crippen molar-refractivity contribution in [2.45, 2.75) is 141 Å². The number of fused-ring (bicyclic) bond motifs is 4. The van der Waals surface area contributed by atoms with E-state index in [4.69, 9.17) is 33.3 Å². The number of rotatable bonds is 7. The van der Waals surface area contributed by atoms with Gasteiger partial charge in [-0.1, -0.05) is 45.0 Å². The molecule has 14 atom stereocenters. The fourth-order valence-electron chi connectivity index (χ4n) is 8.97. The van der Waals surface area contributed by atoms with Crippen molar-refractivity contribution in [3.8, 4) is 6.07 Å². The smallest absolute Gasteiger partial charge is 0.408 e. The number of alkyl carbamates (subject to hydrolysis) is 1. The van der Waals surface area contributed by atoms with Crippen molar-refractivity contribution in [2.24, 2.45) is 28.8 Å². The van der Waals surface area contributed by atoms with Gasteiger partial charge in [-0.25, -0.2) is 4.79 Å². The minimum atomic E-state index is -1.33. The topological polar surface area (TPSA) is 187 Å². The van der Waals surface area contributed by atoms with Gasteiger partial charge in [-0.3, -0.25) is 9.59 Å². The Balaban J connectivity index is 1.58. The van der Waals surface area contributed by atoms with E-state index in [-0.39, 0.29) is 44.2 Å². The van der Waals surface area contributed by atoms with Crippen LogP contribution in [0.15, 0.2) is 29.4 Å². The number of oxime groups is 1. The molecule has 1 aromatic rings. The van der Waals surface area contributed by atoms with Crippen LogP contribution in [0.5, 0.6) is 0 Å². The molecule has 0 aromatic heterocycles. The molecule has 15 nitrogen and oxygen atoms in total. The predicted octanol–water partition coefficient (Wildman–Crippen LogP) is 4.12. The highest BCUT2D eigenvalue weighted by molar-refractivity contribution is 5.87. The predicted molar refractivity (Wildman–Crippen MR) is 203 cm³/mol. The number of likely N-dealkylation sites (N-methyl/N-ethyl adjacent to an activating group) is 1. The minimum Gasteiger partial charge on any atom is -0.458 e. The van der Waals surface area contributed by atoms with E-state index in [1.807, 2.05) is 53.6 Å². The molecule has 2 N–H and O–H groups in total. The largest absolute Gasteiger partial charge is 0.458 e. The first-order valence-electron chi connectivity index (χ1n) is 19.7. The SMILES string of the molecule is CC[C@H]1OC(=O)[C@H](C)[C@H]2OC/C(=N\OCc3ccc(C#N)cc3)CO[C@](C)(C[C@@H](C)C(=O)[C@H](C)[C@@H]3NC(=O)O[C@]13C)[C@H](O[C@@H]1O[C@H](C)C[C@H](N(C)C)[C@H]1O)[C@@H]2C. The van der Waals surface area contributed by atoms with Crippen LogP contribution in [-0.2, 0) is 49.5 Å². The highest BCUT2D eigenvalue weighted by Gasteiger charge is 2.57. The Morgan fingerprint density at radius 3 is 2.39 bits per heavy atom. The van der Waals surface area contributed by atoms with E-state index in [1.165, 1.54) is 0 Å². The quantitative estimate of drug-likeness (QED) is 0.297. The molecule has 15 heteroatoms. The van der Waals surface area contributed by atoms with E-state index in [9.17, 15) is 24.8 Å². The van der Waals surface area contributed by atoms with Crippen LogP contribution in [0.1, 0.15) is 85.8 Å². The van der Waals surface area contributed by atoms with E-state index >= 15 is 0 Å². The summed E-state index contributed by atoms with van der Waals surface area (Å²) in [6.07, 6.45) is -4.63. The van der Waals surface area contributed by atoms with Gasteiger partial charge in [0.05, 0.1) is 60.7 Å². The molecule has 56 heavy (non-hydrogen) atoms. The molecule has 4 aliphatic rings. The summed E-state index contributed by atoms with van der Waals surface area (Å²) in [7, 11) is 3.79. The molecule has 5 rings (SSSR count). The monoisotopic (exact) mass is 784 g/mol. The van der Waals surface area contributed by atoms with Crippen molar-refractivity contribution in [1.29, 1.82) is 5.26 Å². The summed E-state index contributed by atoms with van der Waals surface area (Å²) in [4.78, 5) is 49.2. The molecule has 4 heterocycles. The van der Waals surface area contributed by atoms with Crippen LogP contribution in [-0.4, -0.2) is 121 Å². The number of nitrogens with one attached hydrogen (secondary N) is 1. The lowest BCUT2D eigenvalue weighted by atomic mass is 9.73. The van der Waals surface area contributed by atoms with E-state index in [1.54, 1.807) is 45.0 Å². The highest BCUT2D eigenvalue weighted by Crippen LogP contribution is 2.42. The van der Waals surface area contributed by atoms with Crippen molar-refractivity contribution < 1.29 is 52.7 Å². The maximum Gasteiger partial charge on any atom is 0.408 e. The first kappa shape index (κ1) is 43.5. The number of carbonyl (C=O) groups excluding carboxylic acids is 3. The number of Topliss-reactive ketones (excluding diaryl/α,β-unsaturated/α-hetero) is 1. The first-order chi connectivity index (χ1) is 26.4. The zero-order chi connectivity index (χ0) is 41.1. The Kier molecular flexibility index (Phi) is 13.9. The zero-order valence-electron chi connectivity index (χ0n) is 34.4. The van der Waals surface area contributed by atoms with Crippen molar-refractivity contribution in [2.75, 3.05) is 27.3 Å². The van der Waals surface area contributed by atoms with Gasteiger partial charge in [0.2, 0.25) is 0 Å². The second-order valence-electron chi connectivity index (χ2n) is 16.7. The van der Waals surface area contributed by atoms with Crippen LogP contribution in [0.2, 0.25) is 0 Å². The Labute approximate surface area is 330 Å². The number of carbonyl (C=O) groups is 3. The van der Waals surface area contributed by atoms with Gasteiger partial charge in [0, 0.05) is 23.8 Å². The van der Waals surface area contributed by atoms with Gasteiger partial charge in [-0.05, 0) is 78.7 Å². The number of ether oxygens (including phenoxy) is 6. The van der Waals surface area contributed by atoms with Gasteiger partial charge in [-0.2, -0.15) is 5.26 Å². The van der Waals surface area contributed by atoms with Crippen molar-refractivity contribution >= 4 is 23.6 Å². The molecule has 4 aliphatic heterocycles. The third-order valence-electron chi connectivity index (χ3n) is 12.2. The standard InChI is InChI=1S/C41H60N4O11/c1-11-31-41(8)35(43-39(49)56-41)24(4)32(46)22(2)17-40(7)36(55-38-33(47)30(45(9)10)16-23(3)53-38)25(5)34(26(6)37(48)54-31)50-20-29(21-51-40)44-52-19-28-14-12-27(18-42)13-15-28/h12-15,22-26,30-31,33-36,38,47H,11,16-17,19-21H2,1-10H3,(H,43,49)/b44-29+/t22-,23-,24+,25-,26-,30+,31-,33-,34+,35+,36-,38+,40-,41-/m1/s1. The number of esters is 1. The van der Waals surface area contributed by atoms with Crippen LogP contribution in [0.3, 0.4) is 0 Å². The van der Waals surface area contributed by atoms with E-state index in [0.29, 0.717) is 24.1 Å². The molecule has 0 spiro atoms. The molecule has 0 saturated carbocycles. The summed E-state index contributed by atoms with van der Waals surface area (Å²) >= 11 is 0. The van der Waals surface area contributed by atoms with Crippen molar-refractivity contribution in [3.63, 3.8) is 0 Å².